The Hall–Kier alpha value is -2.41. The molecule has 4 rings (SSSR count). The van der Waals surface area contributed by atoms with Gasteiger partial charge in [0.2, 0.25) is 5.91 Å². The molecule has 2 aliphatic rings. The number of sulfonamides is 1. The molecule has 2 aliphatic heterocycles. The molecule has 8 nitrogen and oxygen atoms in total. The van der Waals surface area contributed by atoms with Gasteiger partial charge in [-0.1, -0.05) is 23.7 Å². The fourth-order valence-corrected chi connectivity index (χ4v) is 6.21. The molecular formula is C26H33ClF3N5O3S. The maximum Gasteiger partial charge on any atom is 0.511 e. The van der Waals surface area contributed by atoms with Crippen molar-refractivity contribution in [2.45, 2.75) is 43.7 Å². The highest BCUT2D eigenvalue weighted by Crippen LogP contribution is 2.35. The fourth-order valence-electron chi connectivity index (χ4n) is 5.52. The summed E-state index contributed by atoms with van der Waals surface area (Å²) in [5.41, 5.74) is 2.18. The van der Waals surface area contributed by atoms with Crippen LogP contribution in [0.25, 0.3) is 0 Å². The second-order valence-electron chi connectivity index (χ2n) is 10.3. The van der Waals surface area contributed by atoms with Crippen molar-refractivity contribution in [3.63, 3.8) is 0 Å². The predicted octanol–water partition coefficient (Wildman–Crippen LogP) is 3.99. The zero-order valence-corrected chi connectivity index (χ0v) is 23.0. The summed E-state index contributed by atoms with van der Waals surface area (Å²) >= 11 is 5.98. The third-order valence-corrected chi connectivity index (χ3v) is 9.11. The van der Waals surface area contributed by atoms with Gasteiger partial charge in [-0.25, -0.2) is 18.1 Å². The SMILES string of the molecule is Nc1cc(CN2CCC(C(=O)N3CCC(C(CNS(=O)(=O)C(F)(F)F)c4ccc(Cl)cc4)CC3)CC2)ccn1. The van der Waals surface area contributed by atoms with E-state index in [0.717, 1.165) is 38.0 Å². The summed E-state index contributed by atoms with van der Waals surface area (Å²) in [6.45, 7) is 2.93. The lowest BCUT2D eigenvalue weighted by atomic mass is 9.79. The maximum atomic E-state index is 13.3. The number of likely N-dealkylation sites (tertiary alicyclic amines) is 2. The van der Waals surface area contributed by atoms with Gasteiger partial charge < -0.3 is 10.6 Å². The molecule has 1 aromatic carbocycles. The first kappa shape index (κ1) is 29.6. The van der Waals surface area contributed by atoms with Crippen molar-refractivity contribution in [3.8, 4) is 0 Å². The molecule has 1 atom stereocenters. The highest BCUT2D eigenvalue weighted by atomic mass is 35.5. The number of nitrogens with zero attached hydrogens (tertiary/aromatic N) is 3. The van der Waals surface area contributed by atoms with E-state index in [2.05, 4.69) is 9.88 Å². The summed E-state index contributed by atoms with van der Waals surface area (Å²) in [6.07, 6.45) is 4.33. The lowest BCUT2D eigenvalue weighted by molar-refractivity contribution is -0.138. The van der Waals surface area contributed by atoms with Gasteiger partial charge in [0.05, 0.1) is 0 Å². The third kappa shape index (κ3) is 7.62. The largest absolute Gasteiger partial charge is 0.511 e. The van der Waals surface area contributed by atoms with Crippen LogP contribution in [0.3, 0.4) is 0 Å². The number of pyridine rings is 1. The molecule has 3 N–H and O–H groups in total. The van der Waals surface area contributed by atoms with Crippen LogP contribution in [0.15, 0.2) is 42.6 Å². The zero-order chi connectivity index (χ0) is 28.2. The van der Waals surface area contributed by atoms with E-state index < -0.39 is 21.4 Å². The highest BCUT2D eigenvalue weighted by molar-refractivity contribution is 7.90. The number of nitrogens with one attached hydrogen (secondary N) is 1. The zero-order valence-electron chi connectivity index (χ0n) is 21.4. The van der Waals surface area contributed by atoms with Gasteiger partial charge in [0.15, 0.2) is 0 Å². The van der Waals surface area contributed by atoms with Crippen LogP contribution < -0.4 is 10.5 Å². The summed E-state index contributed by atoms with van der Waals surface area (Å²) in [7, 11) is -5.47. The van der Waals surface area contributed by atoms with E-state index in [0.29, 0.717) is 42.3 Å². The lowest BCUT2D eigenvalue weighted by Crippen LogP contribution is -2.46. The lowest BCUT2D eigenvalue weighted by Gasteiger charge is -2.39. The Morgan fingerprint density at radius 1 is 1.08 bits per heavy atom. The van der Waals surface area contributed by atoms with Crippen molar-refractivity contribution in [2.24, 2.45) is 11.8 Å². The van der Waals surface area contributed by atoms with Gasteiger partial charge >= 0.3 is 15.5 Å². The Morgan fingerprint density at radius 2 is 1.72 bits per heavy atom. The molecule has 1 unspecified atom stereocenters. The Morgan fingerprint density at radius 3 is 2.31 bits per heavy atom. The van der Waals surface area contributed by atoms with Gasteiger partial charge in [0.1, 0.15) is 5.82 Å². The number of alkyl halides is 3. The first-order valence-corrected chi connectivity index (χ1v) is 14.8. The monoisotopic (exact) mass is 587 g/mol. The minimum Gasteiger partial charge on any atom is -0.384 e. The van der Waals surface area contributed by atoms with E-state index in [1.165, 1.54) is 0 Å². The number of benzene rings is 1. The number of hydrogen-bond donors (Lipinski definition) is 2. The van der Waals surface area contributed by atoms with E-state index >= 15 is 0 Å². The number of hydrogen-bond acceptors (Lipinski definition) is 6. The summed E-state index contributed by atoms with van der Waals surface area (Å²) < 4.78 is 63.8. The number of anilines is 1. The fraction of sp³-hybridized carbons (Fsp3) is 0.538. The number of carbonyl (C=O) groups excluding carboxylic acids is 1. The predicted molar refractivity (Wildman–Crippen MR) is 143 cm³/mol. The number of aromatic nitrogens is 1. The standard InChI is InChI=1S/C26H33ClF3N5O3S/c27-22-3-1-19(2-4-22)23(16-33-39(37,38)26(28,29)30)20-8-13-35(14-9-20)25(36)21-6-11-34(12-7-21)17-18-5-10-32-24(31)15-18/h1-5,10,15,20-21,23,33H,6-9,11-14,16-17H2,(H2,31,32). The summed E-state index contributed by atoms with van der Waals surface area (Å²) in [6, 6.07) is 10.5. The Balaban J connectivity index is 1.32. The van der Waals surface area contributed by atoms with Gasteiger partial charge in [0, 0.05) is 49.2 Å². The number of amides is 1. The van der Waals surface area contributed by atoms with Crippen LogP contribution in [-0.2, 0) is 21.4 Å². The molecule has 2 aromatic rings. The van der Waals surface area contributed by atoms with Crippen LogP contribution in [-0.4, -0.2) is 67.3 Å². The Bertz CT molecular complexity index is 1230. The molecule has 2 fully saturated rings. The molecule has 1 aromatic heterocycles. The summed E-state index contributed by atoms with van der Waals surface area (Å²) in [5, 5.41) is 0.477. The van der Waals surface area contributed by atoms with Gasteiger partial charge in [-0.15, -0.1) is 0 Å². The van der Waals surface area contributed by atoms with Crippen LogP contribution in [0.5, 0.6) is 0 Å². The van der Waals surface area contributed by atoms with E-state index in [-0.39, 0.29) is 24.3 Å². The number of piperidine rings is 2. The molecule has 0 bridgehead atoms. The minimum atomic E-state index is -5.47. The van der Waals surface area contributed by atoms with Crippen LogP contribution in [0.1, 0.15) is 42.7 Å². The first-order valence-electron chi connectivity index (χ1n) is 13.0. The van der Waals surface area contributed by atoms with Crippen molar-refractivity contribution in [1.29, 1.82) is 0 Å². The molecule has 0 aliphatic carbocycles. The van der Waals surface area contributed by atoms with Crippen molar-refractivity contribution >= 4 is 33.3 Å². The summed E-state index contributed by atoms with van der Waals surface area (Å²) in [4.78, 5) is 21.4. The molecule has 13 heteroatoms. The first-order chi connectivity index (χ1) is 18.4. The maximum absolute atomic E-state index is 13.3. The van der Waals surface area contributed by atoms with Crippen molar-refractivity contribution in [3.05, 3.63) is 58.7 Å². The molecule has 0 radical (unpaired) electrons. The molecule has 1 amide bonds. The van der Waals surface area contributed by atoms with E-state index in [4.69, 9.17) is 17.3 Å². The van der Waals surface area contributed by atoms with Gasteiger partial charge in [-0.2, -0.15) is 13.2 Å². The number of nitrogen functional groups attached to an aromatic ring is 1. The van der Waals surface area contributed by atoms with Crippen LogP contribution >= 0.6 is 11.6 Å². The average molecular weight is 588 g/mol. The van der Waals surface area contributed by atoms with E-state index in [1.54, 1.807) is 35.2 Å². The average Bonchev–Trinajstić information content (AvgIpc) is 2.89. The third-order valence-electron chi connectivity index (χ3n) is 7.70. The normalized spacial score (nSPS) is 19.2. The highest BCUT2D eigenvalue weighted by Gasteiger charge is 2.46. The van der Waals surface area contributed by atoms with Crippen LogP contribution in [0.4, 0.5) is 19.0 Å². The van der Waals surface area contributed by atoms with Crippen molar-refractivity contribution in [2.75, 3.05) is 38.5 Å². The number of halogens is 4. The minimum absolute atomic E-state index is 0.0639. The topological polar surface area (TPSA) is 109 Å². The van der Waals surface area contributed by atoms with Crippen LogP contribution in [0.2, 0.25) is 5.02 Å². The molecule has 2 saturated heterocycles. The molecule has 214 valence electrons. The number of rotatable bonds is 8. The van der Waals surface area contributed by atoms with Gasteiger partial charge in [-0.05, 0) is 80.1 Å². The number of nitrogens with two attached hydrogens (primary N) is 1. The number of carbonyl (C=O) groups is 1. The molecule has 39 heavy (non-hydrogen) atoms. The molecule has 0 spiro atoms. The molecule has 3 heterocycles. The second kappa shape index (κ2) is 12.4. The Labute approximate surface area is 231 Å². The summed E-state index contributed by atoms with van der Waals surface area (Å²) in [5.74, 6) is -0.0482. The van der Waals surface area contributed by atoms with Crippen molar-refractivity contribution < 1.29 is 26.4 Å². The van der Waals surface area contributed by atoms with E-state index in [1.807, 2.05) is 17.0 Å². The second-order valence-corrected chi connectivity index (χ2v) is 12.5. The molecule has 0 saturated carbocycles. The van der Waals surface area contributed by atoms with Crippen molar-refractivity contribution in [1.82, 2.24) is 19.5 Å². The van der Waals surface area contributed by atoms with Gasteiger partial charge in [-0.3, -0.25) is 9.69 Å². The smallest absolute Gasteiger partial charge is 0.384 e. The quantitative estimate of drug-likeness (QED) is 0.483. The van der Waals surface area contributed by atoms with Gasteiger partial charge in [0.25, 0.3) is 0 Å². The van der Waals surface area contributed by atoms with Crippen LogP contribution in [0, 0.1) is 11.8 Å². The molecular weight excluding hydrogens is 555 g/mol. The Kier molecular flexibility index (Phi) is 9.41. The van der Waals surface area contributed by atoms with E-state index in [9.17, 15) is 26.4 Å².